The molecule has 142 valence electrons. The summed E-state index contributed by atoms with van der Waals surface area (Å²) in [7, 11) is 0. The van der Waals surface area contributed by atoms with Crippen LogP contribution in [-0.4, -0.2) is 29.4 Å². The topological polar surface area (TPSA) is 95.5 Å². The molecule has 1 unspecified atom stereocenters. The van der Waals surface area contributed by atoms with Crippen LogP contribution in [0.25, 0.3) is 0 Å². The van der Waals surface area contributed by atoms with Crippen molar-refractivity contribution in [2.75, 3.05) is 6.54 Å². The third kappa shape index (κ3) is 6.58. The highest BCUT2D eigenvalue weighted by molar-refractivity contribution is 5.87. The van der Waals surface area contributed by atoms with Crippen LogP contribution < -0.4 is 10.6 Å². The Kier molecular flexibility index (Phi) is 7.11. The van der Waals surface area contributed by atoms with Crippen molar-refractivity contribution in [2.24, 2.45) is 0 Å². The van der Waals surface area contributed by atoms with Crippen LogP contribution in [0.3, 0.4) is 0 Å². The summed E-state index contributed by atoms with van der Waals surface area (Å²) in [5, 5.41) is 14.7. The molecule has 0 radical (unpaired) electrons. The summed E-state index contributed by atoms with van der Waals surface area (Å²) in [5.74, 6) is -1.35. The number of benzene rings is 2. The van der Waals surface area contributed by atoms with Gasteiger partial charge in [-0.3, -0.25) is 9.59 Å². The molecule has 6 nitrogen and oxygen atoms in total. The molecule has 0 aliphatic rings. The summed E-state index contributed by atoms with van der Waals surface area (Å²) in [5.41, 5.74) is 3.05. The molecule has 2 rings (SSSR count). The minimum absolute atomic E-state index is 0.137. The highest BCUT2D eigenvalue weighted by Gasteiger charge is 2.17. The van der Waals surface area contributed by atoms with Gasteiger partial charge in [0, 0.05) is 13.5 Å². The number of hydrogen-bond donors (Lipinski definition) is 3. The Hall–Kier alpha value is -3.15. The van der Waals surface area contributed by atoms with E-state index >= 15 is 0 Å². The van der Waals surface area contributed by atoms with Crippen LogP contribution in [0.2, 0.25) is 0 Å². The predicted octanol–water partition coefficient (Wildman–Crippen LogP) is 2.62. The van der Waals surface area contributed by atoms with Gasteiger partial charge in [0.05, 0.1) is 18.0 Å². The van der Waals surface area contributed by atoms with Gasteiger partial charge in [-0.05, 0) is 36.6 Å². The van der Waals surface area contributed by atoms with Gasteiger partial charge in [0.15, 0.2) is 0 Å². The molecular formula is C21H24N2O4. The summed E-state index contributed by atoms with van der Waals surface area (Å²) >= 11 is 0. The Balaban J connectivity index is 1.91. The lowest BCUT2D eigenvalue weighted by Crippen LogP contribution is -2.33. The van der Waals surface area contributed by atoms with Crippen molar-refractivity contribution in [3.63, 3.8) is 0 Å². The van der Waals surface area contributed by atoms with Gasteiger partial charge in [-0.1, -0.05) is 42.0 Å². The van der Waals surface area contributed by atoms with Gasteiger partial charge < -0.3 is 15.7 Å². The van der Waals surface area contributed by atoms with Crippen molar-refractivity contribution in [3.05, 3.63) is 70.8 Å². The van der Waals surface area contributed by atoms with E-state index in [1.165, 1.54) is 13.0 Å². The first-order valence-corrected chi connectivity index (χ1v) is 8.77. The van der Waals surface area contributed by atoms with Gasteiger partial charge >= 0.3 is 5.97 Å². The van der Waals surface area contributed by atoms with Crippen LogP contribution in [0.15, 0.2) is 48.5 Å². The molecule has 0 aliphatic carbocycles. The Morgan fingerprint density at radius 2 is 1.78 bits per heavy atom. The summed E-state index contributed by atoms with van der Waals surface area (Å²) in [6.45, 7) is 3.79. The third-order valence-corrected chi connectivity index (χ3v) is 4.16. The lowest BCUT2D eigenvalue weighted by Gasteiger charge is -2.18. The molecular weight excluding hydrogens is 344 g/mol. The second kappa shape index (κ2) is 9.52. The first-order valence-electron chi connectivity index (χ1n) is 8.77. The zero-order chi connectivity index (χ0) is 19.8. The number of aromatic carboxylic acids is 1. The Morgan fingerprint density at radius 3 is 2.41 bits per heavy atom. The average molecular weight is 368 g/mol. The van der Waals surface area contributed by atoms with E-state index in [0.29, 0.717) is 13.0 Å². The minimum Gasteiger partial charge on any atom is -0.478 e. The molecule has 2 aromatic carbocycles. The van der Waals surface area contributed by atoms with E-state index in [1.807, 2.05) is 37.3 Å². The smallest absolute Gasteiger partial charge is 0.335 e. The molecule has 0 spiro atoms. The Bertz CT molecular complexity index is 815. The van der Waals surface area contributed by atoms with Gasteiger partial charge in [0.1, 0.15) is 0 Å². The van der Waals surface area contributed by atoms with Crippen LogP contribution in [0, 0.1) is 6.92 Å². The van der Waals surface area contributed by atoms with Crippen LogP contribution in [0.5, 0.6) is 0 Å². The highest BCUT2D eigenvalue weighted by Crippen LogP contribution is 2.17. The van der Waals surface area contributed by atoms with Crippen LogP contribution in [0.4, 0.5) is 0 Å². The summed E-state index contributed by atoms with van der Waals surface area (Å²) in [6, 6.07) is 13.9. The first kappa shape index (κ1) is 20.2. The fourth-order valence-electron chi connectivity index (χ4n) is 2.76. The zero-order valence-electron chi connectivity index (χ0n) is 15.5. The Morgan fingerprint density at radius 1 is 1.07 bits per heavy atom. The highest BCUT2D eigenvalue weighted by atomic mass is 16.4. The number of carbonyl (C=O) groups excluding carboxylic acids is 2. The standard InChI is InChI=1S/C21H24N2O4/c1-14-6-8-17(9-7-14)19(23-15(2)24)13-20(25)22-11-10-16-4-3-5-18(12-16)21(26)27/h3-9,12,19H,10-11,13H2,1-2H3,(H,22,25)(H,23,24)(H,26,27). The van der Waals surface area contributed by atoms with Gasteiger partial charge in [-0.25, -0.2) is 4.79 Å². The molecule has 0 aromatic heterocycles. The first-order chi connectivity index (χ1) is 12.8. The van der Waals surface area contributed by atoms with Gasteiger partial charge in [-0.2, -0.15) is 0 Å². The molecule has 0 saturated carbocycles. The molecule has 27 heavy (non-hydrogen) atoms. The molecule has 1 atom stereocenters. The molecule has 0 heterocycles. The number of nitrogens with one attached hydrogen (secondary N) is 2. The summed E-state index contributed by atoms with van der Waals surface area (Å²) in [6.07, 6.45) is 0.667. The SMILES string of the molecule is CC(=O)NC(CC(=O)NCCc1cccc(C(=O)O)c1)c1ccc(C)cc1. The van der Waals surface area contributed by atoms with E-state index in [0.717, 1.165) is 16.7 Å². The normalized spacial score (nSPS) is 11.5. The minimum atomic E-state index is -0.975. The van der Waals surface area contributed by atoms with E-state index in [9.17, 15) is 14.4 Å². The van der Waals surface area contributed by atoms with Crippen molar-refractivity contribution in [3.8, 4) is 0 Å². The van der Waals surface area contributed by atoms with E-state index in [2.05, 4.69) is 10.6 Å². The number of amides is 2. The molecule has 0 saturated heterocycles. The maximum absolute atomic E-state index is 12.3. The number of carboxylic acids is 1. The van der Waals surface area contributed by atoms with Crippen LogP contribution in [-0.2, 0) is 16.0 Å². The lowest BCUT2D eigenvalue weighted by atomic mass is 10.0. The van der Waals surface area contributed by atoms with Crippen molar-refractivity contribution >= 4 is 17.8 Å². The van der Waals surface area contributed by atoms with Gasteiger partial charge in [0.25, 0.3) is 0 Å². The van der Waals surface area contributed by atoms with Gasteiger partial charge in [-0.15, -0.1) is 0 Å². The van der Waals surface area contributed by atoms with E-state index in [1.54, 1.807) is 12.1 Å². The second-order valence-corrected chi connectivity index (χ2v) is 6.47. The van der Waals surface area contributed by atoms with Crippen molar-refractivity contribution in [2.45, 2.75) is 32.7 Å². The van der Waals surface area contributed by atoms with E-state index < -0.39 is 12.0 Å². The third-order valence-electron chi connectivity index (χ3n) is 4.16. The number of aryl methyl sites for hydroxylation is 1. The van der Waals surface area contributed by atoms with Crippen molar-refractivity contribution in [1.29, 1.82) is 0 Å². The maximum atomic E-state index is 12.3. The molecule has 0 aliphatic heterocycles. The quantitative estimate of drug-likeness (QED) is 0.667. The van der Waals surface area contributed by atoms with Crippen molar-refractivity contribution in [1.82, 2.24) is 10.6 Å². The fourth-order valence-corrected chi connectivity index (χ4v) is 2.76. The van der Waals surface area contributed by atoms with Gasteiger partial charge in [0.2, 0.25) is 11.8 Å². The number of rotatable bonds is 8. The predicted molar refractivity (Wildman–Crippen MR) is 102 cm³/mol. The number of hydrogen-bond acceptors (Lipinski definition) is 3. The molecule has 2 aromatic rings. The second-order valence-electron chi connectivity index (χ2n) is 6.47. The summed E-state index contributed by atoms with van der Waals surface area (Å²) < 4.78 is 0. The molecule has 0 bridgehead atoms. The van der Waals surface area contributed by atoms with Crippen LogP contribution in [0.1, 0.15) is 46.4 Å². The fraction of sp³-hybridized carbons (Fsp3) is 0.286. The largest absolute Gasteiger partial charge is 0.478 e. The molecule has 3 N–H and O–H groups in total. The number of carbonyl (C=O) groups is 3. The average Bonchev–Trinajstić information content (AvgIpc) is 2.61. The number of carboxylic acid groups (broad SMARTS) is 1. The monoisotopic (exact) mass is 368 g/mol. The van der Waals surface area contributed by atoms with Crippen LogP contribution >= 0.6 is 0 Å². The maximum Gasteiger partial charge on any atom is 0.335 e. The molecule has 6 heteroatoms. The Labute approximate surface area is 158 Å². The lowest BCUT2D eigenvalue weighted by molar-refractivity contribution is -0.122. The van der Waals surface area contributed by atoms with E-state index in [4.69, 9.17) is 5.11 Å². The summed E-state index contributed by atoms with van der Waals surface area (Å²) in [4.78, 5) is 34.8. The van der Waals surface area contributed by atoms with E-state index in [-0.39, 0.29) is 23.8 Å². The molecule has 0 fully saturated rings. The zero-order valence-corrected chi connectivity index (χ0v) is 15.5. The van der Waals surface area contributed by atoms with Crippen molar-refractivity contribution < 1.29 is 19.5 Å². The molecule has 2 amide bonds.